The maximum absolute atomic E-state index is 12.5. The molecule has 0 radical (unpaired) electrons. The van der Waals surface area contributed by atoms with Crippen LogP contribution in [-0.2, 0) is 17.8 Å². The molecule has 2 aromatic rings. The predicted octanol–water partition coefficient (Wildman–Crippen LogP) is 3.03. The van der Waals surface area contributed by atoms with Crippen LogP contribution in [0.15, 0.2) is 48.5 Å². The SMILES string of the molecule is CN(CCC(=O)N1CCc2ccccc2C1)C(=O)Nc1ccc([N+](=O)[O-])cc1. The first-order valence-corrected chi connectivity index (χ1v) is 9.05. The lowest BCUT2D eigenvalue weighted by Gasteiger charge is -2.29. The second-order valence-electron chi connectivity index (χ2n) is 6.74. The summed E-state index contributed by atoms with van der Waals surface area (Å²) in [7, 11) is 1.61. The van der Waals surface area contributed by atoms with E-state index in [-0.39, 0.29) is 30.6 Å². The van der Waals surface area contributed by atoms with Crippen LogP contribution in [0, 0.1) is 10.1 Å². The van der Waals surface area contributed by atoms with E-state index in [1.54, 1.807) is 7.05 Å². The summed E-state index contributed by atoms with van der Waals surface area (Å²) in [5.74, 6) is 0.0180. The summed E-state index contributed by atoms with van der Waals surface area (Å²) in [5.41, 5.74) is 2.87. The van der Waals surface area contributed by atoms with Gasteiger partial charge in [0.15, 0.2) is 0 Å². The lowest BCUT2D eigenvalue weighted by Crippen LogP contribution is -2.39. The van der Waals surface area contributed by atoms with E-state index in [4.69, 9.17) is 0 Å². The zero-order chi connectivity index (χ0) is 20.1. The average Bonchev–Trinajstić information content (AvgIpc) is 2.71. The molecule has 1 aliphatic rings. The second-order valence-corrected chi connectivity index (χ2v) is 6.74. The Morgan fingerprint density at radius 3 is 2.50 bits per heavy atom. The van der Waals surface area contributed by atoms with Crippen molar-refractivity contribution in [2.75, 3.05) is 25.5 Å². The zero-order valence-corrected chi connectivity index (χ0v) is 15.6. The van der Waals surface area contributed by atoms with Gasteiger partial charge in [0, 0.05) is 50.9 Å². The van der Waals surface area contributed by atoms with Gasteiger partial charge in [-0.1, -0.05) is 24.3 Å². The van der Waals surface area contributed by atoms with Gasteiger partial charge in [-0.2, -0.15) is 0 Å². The topological polar surface area (TPSA) is 95.8 Å². The minimum absolute atomic E-state index is 0.0180. The van der Waals surface area contributed by atoms with Gasteiger partial charge in [0.05, 0.1) is 4.92 Å². The first kappa shape index (κ1) is 19.3. The molecule has 0 unspecified atom stereocenters. The molecular formula is C20H22N4O4. The van der Waals surface area contributed by atoms with Gasteiger partial charge in [-0.05, 0) is 29.7 Å². The van der Waals surface area contributed by atoms with Crippen molar-refractivity contribution in [3.05, 3.63) is 69.8 Å². The number of carbonyl (C=O) groups is 2. The first-order valence-electron chi connectivity index (χ1n) is 9.05. The highest BCUT2D eigenvalue weighted by Gasteiger charge is 2.21. The molecular weight excluding hydrogens is 360 g/mol. The maximum atomic E-state index is 12.5. The van der Waals surface area contributed by atoms with Gasteiger partial charge in [0.2, 0.25) is 5.91 Å². The summed E-state index contributed by atoms with van der Waals surface area (Å²) in [6.45, 7) is 1.58. The Hall–Kier alpha value is -3.42. The number of non-ortho nitro benzene ring substituents is 1. The molecule has 0 fully saturated rings. The van der Waals surface area contributed by atoms with Gasteiger partial charge in [0.1, 0.15) is 0 Å². The van der Waals surface area contributed by atoms with E-state index in [0.29, 0.717) is 18.8 Å². The number of amides is 3. The van der Waals surface area contributed by atoms with Gasteiger partial charge in [-0.25, -0.2) is 4.79 Å². The second kappa shape index (κ2) is 8.51. The van der Waals surface area contributed by atoms with Crippen LogP contribution in [-0.4, -0.2) is 46.8 Å². The molecule has 1 heterocycles. The van der Waals surface area contributed by atoms with Crippen LogP contribution in [0.5, 0.6) is 0 Å². The van der Waals surface area contributed by atoms with Gasteiger partial charge >= 0.3 is 6.03 Å². The molecule has 0 aromatic heterocycles. The third kappa shape index (κ3) is 4.64. The Kier molecular flexibility index (Phi) is 5.88. The zero-order valence-electron chi connectivity index (χ0n) is 15.6. The van der Waals surface area contributed by atoms with Crippen molar-refractivity contribution in [3.8, 4) is 0 Å². The van der Waals surface area contributed by atoms with E-state index in [1.807, 2.05) is 23.1 Å². The molecule has 1 N–H and O–H groups in total. The monoisotopic (exact) mass is 382 g/mol. The van der Waals surface area contributed by atoms with E-state index in [0.717, 1.165) is 6.42 Å². The normalized spacial score (nSPS) is 12.8. The quantitative estimate of drug-likeness (QED) is 0.635. The number of carbonyl (C=O) groups excluding carboxylic acids is 2. The van der Waals surface area contributed by atoms with Crippen LogP contribution in [0.1, 0.15) is 17.5 Å². The van der Waals surface area contributed by atoms with Crippen LogP contribution < -0.4 is 5.32 Å². The van der Waals surface area contributed by atoms with Crippen LogP contribution >= 0.6 is 0 Å². The Bertz CT molecular complexity index is 882. The summed E-state index contributed by atoms with van der Waals surface area (Å²) in [6, 6.07) is 13.3. The standard InChI is InChI=1S/C20H22N4O4/c1-22(20(26)21-17-6-8-18(9-7-17)24(27)28)12-11-19(25)23-13-10-15-4-2-3-5-16(15)14-23/h2-9H,10-14H2,1H3,(H,21,26). The van der Waals surface area contributed by atoms with E-state index < -0.39 is 4.92 Å². The van der Waals surface area contributed by atoms with Crippen LogP contribution in [0.4, 0.5) is 16.2 Å². The van der Waals surface area contributed by atoms with E-state index >= 15 is 0 Å². The molecule has 146 valence electrons. The van der Waals surface area contributed by atoms with Crippen molar-refractivity contribution in [1.82, 2.24) is 9.80 Å². The van der Waals surface area contributed by atoms with E-state index in [2.05, 4.69) is 11.4 Å². The molecule has 28 heavy (non-hydrogen) atoms. The number of rotatable bonds is 5. The van der Waals surface area contributed by atoms with Crippen LogP contribution in [0.25, 0.3) is 0 Å². The van der Waals surface area contributed by atoms with E-state index in [1.165, 1.54) is 40.3 Å². The molecule has 1 aliphatic heterocycles. The van der Waals surface area contributed by atoms with Crippen molar-refractivity contribution in [2.45, 2.75) is 19.4 Å². The Morgan fingerprint density at radius 1 is 1.14 bits per heavy atom. The van der Waals surface area contributed by atoms with Crippen molar-refractivity contribution in [3.63, 3.8) is 0 Å². The molecule has 0 saturated carbocycles. The highest BCUT2D eigenvalue weighted by Crippen LogP contribution is 2.19. The van der Waals surface area contributed by atoms with Crippen molar-refractivity contribution >= 4 is 23.3 Å². The largest absolute Gasteiger partial charge is 0.338 e. The molecule has 0 bridgehead atoms. The minimum atomic E-state index is -0.498. The Balaban J connectivity index is 1.48. The molecule has 0 saturated heterocycles. The molecule has 8 nitrogen and oxygen atoms in total. The van der Waals surface area contributed by atoms with Crippen molar-refractivity contribution < 1.29 is 14.5 Å². The highest BCUT2D eigenvalue weighted by atomic mass is 16.6. The van der Waals surface area contributed by atoms with Gasteiger partial charge in [-0.3, -0.25) is 14.9 Å². The number of hydrogen-bond donors (Lipinski definition) is 1. The Labute approximate surface area is 162 Å². The number of nitrogens with one attached hydrogen (secondary N) is 1. The number of benzene rings is 2. The fraction of sp³-hybridized carbons (Fsp3) is 0.300. The summed E-state index contributed by atoms with van der Waals surface area (Å²) in [4.78, 5) is 38.2. The molecule has 0 atom stereocenters. The molecule has 0 aliphatic carbocycles. The molecule has 3 amide bonds. The molecule has 0 spiro atoms. The summed E-state index contributed by atoms with van der Waals surface area (Å²) >= 11 is 0. The number of nitro groups is 1. The van der Waals surface area contributed by atoms with Gasteiger partial charge < -0.3 is 15.1 Å². The Morgan fingerprint density at radius 2 is 1.82 bits per heavy atom. The predicted molar refractivity (Wildman–Crippen MR) is 105 cm³/mol. The van der Waals surface area contributed by atoms with Gasteiger partial charge in [0.25, 0.3) is 5.69 Å². The number of hydrogen-bond acceptors (Lipinski definition) is 4. The lowest BCUT2D eigenvalue weighted by atomic mass is 10.00. The maximum Gasteiger partial charge on any atom is 0.321 e. The smallest absolute Gasteiger partial charge is 0.321 e. The number of nitrogens with zero attached hydrogens (tertiary/aromatic N) is 3. The van der Waals surface area contributed by atoms with Crippen molar-refractivity contribution in [1.29, 1.82) is 0 Å². The third-order valence-corrected chi connectivity index (χ3v) is 4.82. The first-order chi connectivity index (χ1) is 13.4. The number of urea groups is 1. The van der Waals surface area contributed by atoms with Crippen LogP contribution in [0.2, 0.25) is 0 Å². The fourth-order valence-corrected chi connectivity index (χ4v) is 3.12. The summed E-state index contributed by atoms with van der Waals surface area (Å²) < 4.78 is 0. The van der Waals surface area contributed by atoms with Gasteiger partial charge in [-0.15, -0.1) is 0 Å². The highest BCUT2D eigenvalue weighted by molar-refractivity contribution is 5.89. The number of anilines is 1. The fourth-order valence-electron chi connectivity index (χ4n) is 3.12. The molecule has 8 heteroatoms. The number of fused-ring (bicyclic) bond motifs is 1. The van der Waals surface area contributed by atoms with Crippen molar-refractivity contribution in [2.24, 2.45) is 0 Å². The average molecular weight is 382 g/mol. The minimum Gasteiger partial charge on any atom is -0.338 e. The molecule has 3 rings (SSSR count). The van der Waals surface area contributed by atoms with Crippen LogP contribution in [0.3, 0.4) is 0 Å². The molecule has 2 aromatic carbocycles. The summed E-state index contributed by atoms with van der Waals surface area (Å²) in [5, 5.41) is 13.3. The van der Waals surface area contributed by atoms with E-state index in [9.17, 15) is 19.7 Å². The lowest BCUT2D eigenvalue weighted by molar-refractivity contribution is -0.384. The number of nitro benzene ring substituents is 1. The summed E-state index contributed by atoms with van der Waals surface area (Å²) in [6.07, 6.45) is 1.09. The third-order valence-electron chi connectivity index (χ3n) is 4.82.